The molecule has 1 N–H and O–H groups in total. The molecule has 1 aliphatic rings. The smallest absolute Gasteiger partial charge is 0.113 e. The zero-order valence-electron chi connectivity index (χ0n) is 10.0. The lowest BCUT2D eigenvalue weighted by molar-refractivity contribution is 0.0768. The summed E-state index contributed by atoms with van der Waals surface area (Å²) >= 11 is 13.7. The Morgan fingerprint density at radius 3 is 3.00 bits per heavy atom. The molecule has 0 spiro atoms. The first-order valence-corrected chi connectivity index (χ1v) is 7.59. The molecule has 2 heterocycles. The molecule has 100 valence electrons. The summed E-state index contributed by atoms with van der Waals surface area (Å²) < 4.78 is 5.45. The van der Waals surface area contributed by atoms with Crippen LogP contribution in [0.3, 0.4) is 0 Å². The predicted molar refractivity (Wildman–Crippen MR) is 79.1 cm³/mol. The van der Waals surface area contributed by atoms with Crippen LogP contribution < -0.4 is 5.32 Å². The molecule has 1 aliphatic heterocycles. The number of ether oxygens (including phenoxy) is 1. The van der Waals surface area contributed by atoms with E-state index in [-0.39, 0.29) is 6.04 Å². The first-order valence-electron chi connectivity index (χ1n) is 5.96. The van der Waals surface area contributed by atoms with E-state index in [2.05, 4.69) is 10.3 Å². The quantitative estimate of drug-likeness (QED) is 0.916. The van der Waals surface area contributed by atoms with Gasteiger partial charge in [0.2, 0.25) is 0 Å². The van der Waals surface area contributed by atoms with Crippen LogP contribution >= 0.6 is 34.5 Å². The highest BCUT2D eigenvalue weighted by Crippen LogP contribution is 2.32. The van der Waals surface area contributed by atoms with Crippen LogP contribution in [0, 0.1) is 0 Å². The molecule has 0 saturated carbocycles. The van der Waals surface area contributed by atoms with Gasteiger partial charge < -0.3 is 10.1 Å². The topological polar surface area (TPSA) is 34.1 Å². The van der Waals surface area contributed by atoms with Crippen LogP contribution in [0.4, 0.5) is 0 Å². The number of morpholine rings is 1. The third-order valence-corrected chi connectivity index (χ3v) is 4.45. The van der Waals surface area contributed by atoms with Crippen LogP contribution in [0.2, 0.25) is 10.0 Å². The molecule has 3 nitrogen and oxygen atoms in total. The summed E-state index contributed by atoms with van der Waals surface area (Å²) in [6, 6.07) is 5.64. The van der Waals surface area contributed by atoms with Gasteiger partial charge in [-0.3, -0.25) is 0 Å². The van der Waals surface area contributed by atoms with Gasteiger partial charge in [-0.05, 0) is 18.2 Å². The molecule has 0 bridgehead atoms. The fourth-order valence-electron chi connectivity index (χ4n) is 1.99. The van der Waals surface area contributed by atoms with Gasteiger partial charge in [0, 0.05) is 22.5 Å². The molecule has 2 aromatic rings. The summed E-state index contributed by atoms with van der Waals surface area (Å²) in [6.45, 7) is 2.29. The van der Waals surface area contributed by atoms with Crippen molar-refractivity contribution in [2.45, 2.75) is 6.04 Å². The van der Waals surface area contributed by atoms with Crippen LogP contribution in [0.1, 0.15) is 11.0 Å². The summed E-state index contributed by atoms with van der Waals surface area (Å²) in [4.78, 5) is 4.64. The molecular formula is C13H12Cl2N2OS. The minimum atomic E-state index is 0.179. The van der Waals surface area contributed by atoms with Crippen molar-refractivity contribution in [1.29, 1.82) is 0 Å². The van der Waals surface area contributed by atoms with Crippen molar-refractivity contribution in [1.82, 2.24) is 10.3 Å². The summed E-state index contributed by atoms with van der Waals surface area (Å²) in [5.41, 5.74) is 1.79. The van der Waals surface area contributed by atoms with Gasteiger partial charge in [0.25, 0.3) is 0 Å². The van der Waals surface area contributed by atoms with Crippen molar-refractivity contribution < 1.29 is 4.74 Å². The Labute approximate surface area is 125 Å². The van der Waals surface area contributed by atoms with Crippen LogP contribution in [0.25, 0.3) is 11.3 Å². The molecule has 19 heavy (non-hydrogen) atoms. The molecular weight excluding hydrogens is 303 g/mol. The molecule has 0 amide bonds. The summed E-state index contributed by atoms with van der Waals surface area (Å²) in [6.07, 6.45) is 0. The zero-order chi connectivity index (χ0) is 13.2. The lowest BCUT2D eigenvalue weighted by atomic mass is 10.2. The predicted octanol–water partition coefficient (Wildman–Crippen LogP) is 3.78. The number of hydrogen-bond donors (Lipinski definition) is 1. The largest absolute Gasteiger partial charge is 0.378 e. The zero-order valence-corrected chi connectivity index (χ0v) is 12.4. The first-order chi connectivity index (χ1) is 9.24. The SMILES string of the molecule is Clc1ccc(-c2csc(C3COCCN3)n2)c(Cl)c1. The average Bonchev–Trinajstić information content (AvgIpc) is 2.89. The number of nitrogens with one attached hydrogen (secondary N) is 1. The number of nitrogens with zero attached hydrogens (tertiary/aromatic N) is 1. The van der Waals surface area contributed by atoms with Gasteiger partial charge >= 0.3 is 0 Å². The van der Waals surface area contributed by atoms with Gasteiger partial charge in [0.1, 0.15) is 5.01 Å². The van der Waals surface area contributed by atoms with Crippen LogP contribution in [-0.4, -0.2) is 24.7 Å². The highest BCUT2D eigenvalue weighted by atomic mass is 35.5. The first kappa shape index (κ1) is 13.3. The maximum atomic E-state index is 6.20. The van der Waals surface area contributed by atoms with Gasteiger partial charge in [0.15, 0.2) is 0 Å². The number of aromatic nitrogens is 1. The van der Waals surface area contributed by atoms with E-state index in [1.54, 1.807) is 17.4 Å². The molecule has 6 heteroatoms. The number of rotatable bonds is 2. The minimum Gasteiger partial charge on any atom is -0.378 e. The van der Waals surface area contributed by atoms with Crippen LogP contribution in [-0.2, 0) is 4.74 Å². The molecule has 0 aliphatic carbocycles. The molecule has 3 rings (SSSR count). The second-order valence-electron chi connectivity index (χ2n) is 4.28. The van der Waals surface area contributed by atoms with E-state index in [0.717, 1.165) is 29.4 Å². The fraction of sp³-hybridized carbons (Fsp3) is 0.308. The molecule has 1 fully saturated rings. The summed E-state index contributed by atoms with van der Waals surface area (Å²) in [5.74, 6) is 0. The van der Waals surface area contributed by atoms with E-state index in [0.29, 0.717) is 16.7 Å². The van der Waals surface area contributed by atoms with Crippen molar-refractivity contribution in [3.8, 4) is 11.3 Å². The van der Waals surface area contributed by atoms with Crippen LogP contribution in [0.5, 0.6) is 0 Å². The highest BCUT2D eigenvalue weighted by molar-refractivity contribution is 7.10. The lowest BCUT2D eigenvalue weighted by Crippen LogP contribution is -2.34. The van der Waals surface area contributed by atoms with E-state index < -0.39 is 0 Å². The Morgan fingerprint density at radius 1 is 1.37 bits per heavy atom. The van der Waals surface area contributed by atoms with Gasteiger partial charge in [0.05, 0.1) is 30.0 Å². The average molecular weight is 315 g/mol. The van der Waals surface area contributed by atoms with Crippen molar-refractivity contribution >= 4 is 34.5 Å². The monoisotopic (exact) mass is 314 g/mol. The Bertz CT molecular complexity index is 582. The van der Waals surface area contributed by atoms with Gasteiger partial charge in [-0.2, -0.15) is 0 Å². The summed E-state index contributed by atoms with van der Waals surface area (Å²) in [7, 11) is 0. The van der Waals surface area contributed by atoms with Crippen molar-refractivity contribution in [3.63, 3.8) is 0 Å². The maximum absolute atomic E-state index is 6.20. The van der Waals surface area contributed by atoms with E-state index in [1.807, 2.05) is 17.5 Å². The second-order valence-corrected chi connectivity index (χ2v) is 6.01. The molecule has 1 atom stereocenters. The van der Waals surface area contributed by atoms with E-state index in [1.165, 1.54) is 0 Å². The van der Waals surface area contributed by atoms with Crippen molar-refractivity contribution in [3.05, 3.63) is 38.6 Å². The maximum Gasteiger partial charge on any atom is 0.113 e. The highest BCUT2D eigenvalue weighted by Gasteiger charge is 2.19. The van der Waals surface area contributed by atoms with Crippen molar-refractivity contribution in [2.24, 2.45) is 0 Å². The third-order valence-electron chi connectivity index (χ3n) is 2.95. The molecule has 0 radical (unpaired) electrons. The van der Waals surface area contributed by atoms with E-state index in [4.69, 9.17) is 27.9 Å². The normalized spacial score (nSPS) is 19.6. The number of benzene rings is 1. The second kappa shape index (κ2) is 5.77. The van der Waals surface area contributed by atoms with E-state index >= 15 is 0 Å². The fourth-order valence-corrected chi connectivity index (χ4v) is 3.38. The van der Waals surface area contributed by atoms with Gasteiger partial charge in [-0.1, -0.05) is 23.2 Å². The Hall–Kier alpha value is -0.650. The Balaban J connectivity index is 1.87. The van der Waals surface area contributed by atoms with E-state index in [9.17, 15) is 0 Å². The molecule has 1 unspecified atom stereocenters. The minimum absolute atomic E-state index is 0.179. The standard InChI is InChI=1S/C13H12Cl2N2OS/c14-8-1-2-9(10(15)5-8)12-7-19-13(17-12)11-6-18-4-3-16-11/h1-2,5,7,11,16H,3-4,6H2. The van der Waals surface area contributed by atoms with Gasteiger partial charge in [-0.25, -0.2) is 4.98 Å². The lowest BCUT2D eigenvalue weighted by Gasteiger charge is -2.21. The number of thiazole rings is 1. The molecule has 1 saturated heterocycles. The summed E-state index contributed by atoms with van der Waals surface area (Å²) in [5, 5.41) is 7.69. The van der Waals surface area contributed by atoms with Crippen molar-refractivity contribution in [2.75, 3.05) is 19.8 Å². The number of halogens is 2. The molecule has 1 aromatic carbocycles. The molecule has 1 aromatic heterocycles. The Kier molecular flexibility index (Phi) is 4.05. The van der Waals surface area contributed by atoms with Gasteiger partial charge in [-0.15, -0.1) is 11.3 Å². The third kappa shape index (κ3) is 2.93. The Morgan fingerprint density at radius 2 is 2.26 bits per heavy atom. The number of hydrogen-bond acceptors (Lipinski definition) is 4. The van der Waals surface area contributed by atoms with Crippen LogP contribution in [0.15, 0.2) is 23.6 Å².